The predicted octanol–water partition coefficient (Wildman–Crippen LogP) is 2.55. The smallest absolute Gasteiger partial charge is 0.177 e. The van der Waals surface area contributed by atoms with Gasteiger partial charge < -0.3 is 24.8 Å². The van der Waals surface area contributed by atoms with Crippen molar-refractivity contribution in [3.8, 4) is 28.7 Å². The molecule has 24 heavy (non-hydrogen) atoms. The van der Waals surface area contributed by atoms with Crippen LogP contribution in [0.1, 0.15) is 21.5 Å². The number of methoxy groups -OCH3 is 1. The fourth-order valence-electron chi connectivity index (χ4n) is 2.95. The molecule has 6 nitrogen and oxygen atoms in total. The Kier molecular flexibility index (Phi) is 3.97. The number of phenols is 3. The first-order valence-electron chi connectivity index (χ1n) is 7.50. The first-order valence-corrected chi connectivity index (χ1v) is 7.50. The fourth-order valence-corrected chi connectivity index (χ4v) is 2.95. The maximum atomic E-state index is 12.8. The third-order valence-corrected chi connectivity index (χ3v) is 4.25. The summed E-state index contributed by atoms with van der Waals surface area (Å²) in [6.07, 6.45) is 0.330. The topological polar surface area (TPSA) is 96.2 Å². The van der Waals surface area contributed by atoms with Crippen molar-refractivity contribution in [2.75, 3.05) is 13.7 Å². The van der Waals surface area contributed by atoms with E-state index in [9.17, 15) is 20.1 Å². The predicted molar refractivity (Wildman–Crippen MR) is 86.2 cm³/mol. The number of hydrogen-bond acceptors (Lipinski definition) is 6. The molecule has 3 N–H and O–H groups in total. The Morgan fingerprint density at radius 3 is 2.58 bits per heavy atom. The van der Waals surface area contributed by atoms with Crippen molar-refractivity contribution in [3.63, 3.8) is 0 Å². The summed E-state index contributed by atoms with van der Waals surface area (Å²) in [5, 5.41) is 29.1. The van der Waals surface area contributed by atoms with Crippen LogP contribution in [-0.4, -0.2) is 34.8 Å². The van der Waals surface area contributed by atoms with Gasteiger partial charge in [0.2, 0.25) is 0 Å². The van der Waals surface area contributed by atoms with Gasteiger partial charge in [0.05, 0.1) is 19.6 Å². The molecule has 0 aliphatic carbocycles. The Bertz CT molecular complexity index is 812. The van der Waals surface area contributed by atoms with Crippen molar-refractivity contribution in [2.24, 2.45) is 5.92 Å². The van der Waals surface area contributed by atoms with Crippen molar-refractivity contribution in [1.29, 1.82) is 0 Å². The fraction of sp³-hybridized carbons (Fsp3) is 0.278. The average molecular weight is 330 g/mol. The molecule has 0 spiro atoms. The summed E-state index contributed by atoms with van der Waals surface area (Å²) < 4.78 is 10.9. The van der Waals surface area contributed by atoms with E-state index >= 15 is 0 Å². The average Bonchev–Trinajstić information content (AvgIpc) is 2.56. The van der Waals surface area contributed by atoms with Crippen LogP contribution in [0.5, 0.6) is 28.7 Å². The number of rotatable bonds is 3. The lowest BCUT2D eigenvalue weighted by molar-refractivity contribution is 0.0824. The van der Waals surface area contributed by atoms with Crippen molar-refractivity contribution < 1.29 is 29.6 Å². The summed E-state index contributed by atoms with van der Waals surface area (Å²) in [6, 6.07) is 5.83. The van der Waals surface area contributed by atoms with Gasteiger partial charge in [-0.3, -0.25) is 4.79 Å². The largest absolute Gasteiger partial charge is 0.507 e. The number of hydrogen-bond donors (Lipinski definition) is 3. The molecule has 0 aromatic heterocycles. The highest BCUT2D eigenvalue weighted by Crippen LogP contribution is 2.42. The molecule has 1 unspecified atom stereocenters. The molecule has 3 rings (SSSR count). The highest BCUT2D eigenvalue weighted by atomic mass is 16.5. The number of benzene rings is 2. The summed E-state index contributed by atoms with van der Waals surface area (Å²) in [6.45, 7) is 1.93. The van der Waals surface area contributed by atoms with Crippen LogP contribution in [0.4, 0.5) is 0 Å². The second-order valence-electron chi connectivity index (χ2n) is 5.83. The summed E-state index contributed by atoms with van der Waals surface area (Å²) >= 11 is 0. The number of ether oxygens (including phenoxy) is 2. The summed E-state index contributed by atoms with van der Waals surface area (Å²) in [4.78, 5) is 12.8. The van der Waals surface area contributed by atoms with Gasteiger partial charge in [-0.15, -0.1) is 0 Å². The Morgan fingerprint density at radius 1 is 1.17 bits per heavy atom. The minimum absolute atomic E-state index is 0.160. The van der Waals surface area contributed by atoms with E-state index in [4.69, 9.17) is 9.47 Å². The van der Waals surface area contributed by atoms with Crippen LogP contribution in [0.3, 0.4) is 0 Å². The van der Waals surface area contributed by atoms with Gasteiger partial charge in [-0.05, 0) is 31.0 Å². The van der Waals surface area contributed by atoms with Gasteiger partial charge in [0.25, 0.3) is 0 Å². The van der Waals surface area contributed by atoms with Crippen molar-refractivity contribution in [2.45, 2.75) is 13.3 Å². The van der Waals surface area contributed by atoms with Crippen LogP contribution in [0.2, 0.25) is 0 Å². The van der Waals surface area contributed by atoms with E-state index in [1.807, 2.05) is 0 Å². The Morgan fingerprint density at radius 2 is 1.92 bits per heavy atom. The van der Waals surface area contributed by atoms with Gasteiger partial charge in [-0.25, -0.2) is 0 Å². The molecule has 2 aromatic rings. The minimum atomic E-state index is -0.486. The molecule has 0 fully saturated rings. The number of phenolic OH excluding ortho intramolecular Hbond substituents is 3. The SMILES string of the molecule is COc1cc(O)c2c(c1C)OCC(Cc1ccc(O)c(O)c1)C2=O. The van der Waals surface area contributed by atoms with Crippen LogP contribution in [0.25, 0.3) is 0 Å². The Balaban J connectivity index is 1.92. The highest BCUT2D eigenvalue weighted by Gasteiger charge is 2.33. The molecule has 0 saturated carbocycles. The lowest BCUT2D eigenvalue weighted by Gasteiger charge is -2.27. The molecule has 0 saturated heterocycles. The monoisotopic (exact) mass is 330 g/mol. The molecular formula is C18H18O6. The maximum absolute atomic E-state index is 12.8. The molecule has 2 aromatic carbocycles. The Labute approximate surface area is 138 Å². The quantitative estimate of drug-likeness (QED) is 0.749. The minimum Gasteiger partial charge on any atom is -0.507 e. The number of aromatic hydroxyl groups is 3. The van der Waals surface area contributed by atoms with Crippen molar-refractivity contribution >= 4 is 5.78 Å². The molecule has 126 valence electrons. The lowest BCUT2D eigenvalue weighted by Crippen LogP contribution is -2.30. The van der Waals surface area contributed by atoms with Gasteiger partial charge >= 0.3 is 0 Å². The molecule has 0 bridgehead atoms. The van der Waals surface area contributed by atoms with E-state index in [-0.39, 0.29) is 35.2 Å². The molecular weight excluding hydrogens is 312 g/mol. The van der Waals surface area contributed by atoms with Gasteiger partial charge in [0.1, 0.15) is 22.8 Å². The van der Waals surface area contributed by atoms with Crippen LogP contribution in [-0.2, 0) is 6.42 Å². The van der Waals surface area contributed by atoms with E-state index in [2.05, 4.69) is 0 Å². The van der Waals surface area contributed by atoms with Gasteiger partial charge in [0.15, 0.2) is 17.3 Å². The highest BCUT2D eigenvalue weighted by molar-refractivity contribution is 6.04. The van der Waals surface area contributed by atoms with Crippen LogP contribution in [0, 0.1) is 12.8 Å². The third-order valence-electron chi connectivity index (χ3n) is 4.25. The number of ketones is 1. The molecule has 1 aliphatic rings. The molecule has 0 amide bonds. The van der Waals surface area contributed by atoms with E-state index in [1.165, 1.54) is 25.3 Å². The van der Waals surface area contributed by atoms with E-state index in [0.29, 0.717) is 29.0 Å². The zero-order chi connectivity index (χ0) is 17.4. The lowest BCUT2D eigenvalue weighted by atomic mass is 9.88. The molecule has 1 heterocycles. The normalized spacial score (nSPS) is 16.4. The molecule has 1 aliphatic heterocycles. The number of carbonyl (C=O) groups is 1. The molecule has 6 heteroatoms. The van der Waals surface area contributed by atoms with Gasteiger partial charge in [0, 0.05) is 11.6 Å². The van der Waals surface area contributed by atoms with E-state index in [1.54, 1.807) is 13.0 Å². The third kappa shape index (κ3) is 2.60. The summed E-state index contributed by atoms with van der Waals surface area (Å²) in [7, 11) is 1.49. The number of carbonyl (C=O) groups excluding carboxylic acids is 1. The van der Waals surface area contributed by atoms with Gasteiger partial charge in [-0.2, -0.15) is 0 Å². The van der Waals surface area contributed by atoms with Gasteiger partial charge in [-0.1, -0.05) is 6.07 Å². The van der Waals surface area contributed by atoms with E-state index in [0.717, 1.165) is 0 Å². The number of Topliss-reactive ketones (excluding diaryl/α,β-unsaturated/α-hetero) is 1. The molecule has 1 atom stereocenters. The zero-order valence-electron chi connectivity index (χ0n) is 13.4. The first kappa shape index (κ1) is 16.0. The number of fused-ring (bicyclic) bond motifs is 1. The van der Waals surface area contributed by atoms with E-state index < -0.39 is 5.92 Å². The molecule has 0 radical (unpaired) electrons. The van der Waals surface area contributed by atoms with Crippen molar-refractivity contribution in [1.82, 2.24) is 0 Å². The first-order chi connectivity index (χ1) is 11.4. The second kappa shape index (κ2) is 5.96. The maximum Gasteiger partial charge on any atom is 0.177 e. The summed E-state index contributed by atoms with van der Waals surface area (Å²) in [5.41, 5.74) is 1.52. The summed E-state index contributed by atoms with van der Waals surface area (Å²) in [5.74, 6) is -0.512. The Hall–Kier alpha value is -2.89. The van der Waals surface area contributed by atoms with Crippen LogP contribution in [0.15, 0.2) is 24.3 Å². The second-order valence-corrected chi connectivity index (χ2v) is 5.83. The van der Waals surface area contributed by atoms with Crippen molar-refractivity contribution in [3.05, 3.63) is 41.0 Å². The van der Waals surface area contributed by atoms with Crippen LogP contribution >= 0.6 is 0 Å². The van der Waals surface area contributed by atoms with Crippen LogP contribution < -0.4 is 9.47 Å². The standard InChI is InChI=1S/C18H18O6/c1-9-15(23-2)7-14(21)16-17(22)11(8-24-18(9)16)5-10-3-4-12(19)13(20)6-10/h3-4,6-7,11,19-21H,5,8H2,1-2H3. The zero-order valence-corrected chi connectivity index (χ0v) is 13.4.